The lowest BCUT2D eigenvalue weighted by Crippen LogP contribution is -2.30. The zero-order valence-electron chi connectivity index (χ0n) is 11.7. The number of hydrogen-bond donors (Lipinski definition) is 2. The maximum absolute atomic E-state index is 9.74. The van der Waals surface area contributed by atoms with Gasteiger partial charge in [-0.25, -0.2) is 0 Å². The Kier molecular flexibility index (Phi) is 3.64. The van der Waals surface area contributed by atoms with Gasteiger partial charge in [0.25, 0.3) is 0 Å². The highest BCUT2D eigenvalue weighted by molar-refractivity contribution is 5.39. The second-order valence-corrected chi connectivity index (χ2v) is 6.11. The second kappa shape index (κ2) is 4.90. The highest BCUT2D eigenvalue weighted by atomic mass is 16.5. The predicted octanol–water partition coefficient (Wildman–Crippen LogP) is 2.00. The van der Waals surface area contributed by atoms with Crippen molar-refractivity contribution in [3.8, 4) is 5.75 Å². The number of ether oxygens (including phenoxy) is 1. The van der Waals surface area contributed by atoms with E-state index in [1.807, 2.05) is 6.07 Å². The normalized spacial score (nSPS) is 24.3. The Morgan fingerprint density at radius 3 is 2.50 bits per heavy atom. The number of β-amino-alcohol motifs (C(OH)–C–C–N with tert-alkyl or cyclic N) is 1. The van der Waals surface area contributed by atoms with Gasteiger partial charge >= 0.3 is 0 Å². The first-order valence-electron chi connectivity index (χ1n) is 6.54. The molecule has 0 aliphatic carbocycles. The minimum atomic E-state index is -0.410. The summed E-state index contributed by atoms with van der Waals surface area (Å²) in [5.41, 5.74) is 2.58. The van der Waals surface area contributed by atoms with Gasteiger partial charge in [-0.05, 0) is 29.5 Å². The Morgan fingerprint density at radius 1 is 1.28 bits per heavy atom. The van der Waals surface area contributed by atoms with Crippen molar-refractivity contribution in [3.05, 3.63) is 29.3 Å². The summed E-state index contributed by atoms with van der Waals surface area (Å²) >= 11 is 0. The van der Waals surface area contributed by atoms with Crippen molar-refractivity contribution in [1.29, 1.82) is 0 Å². The van der Waals surface area contributed by atoms with E-state index in [1.165, 1.54) is 5.56 Å². The molecular formula is C15H23NO2. The monoisotopic (exact) mass is 249 g/mol. The number of rotatable bonds is 2. The minimum absolute atomic E-state index is 0.135. The molecule has 1 fully saturated rings. The number of benzene rings is 1. The average molecular weight is 249 g/mol. The lowest BCUT2D eigenvalue weighted by molar-refractivity contribution is 0.0733. The van der Waals surface area contributed by atoms with Crippen molar-refractivity contribution in [3.63, 3.8) is 0 Å². The van der Waals surface area contributed by atoms with Crippen molar-refractivity contribution in [2.24, 2.45) is 0 Å². The summed E-state index contributed by atoms with van der Waals surface area (Å²) in [6, 6.07) is 6.29. The topological polar surface area (TPSA) is 41.5 Å². The quantitative estimate of drug-likeness (QED) is 0.842. The summed E-state index contributed by atoms with van der Waals surface area (Å²) in [4.78, 5) is 0. The zero-order valence-corrected chi connectivity index (χ0v) is 11.7. The van der Waals surface area contributed by atoms with Gasteiger partial charge in [-0.2, -0.15) is 0 Å². The Hall–Kier alpha value is -1.06. The molecule has 0 radical (unpaired) electrons. The fourth-order valence-electron chi connectivity index (χ4n) is 2.17. The highest BCUT2D eigenvalue weighted by Crippen LogP contribution is 2.28. The van der Waals surface area contributed by atoms with E-state index >= 15 is 0 Å². The Labute approximate surface area is 109 Å². The van der Waals surface area contributed by atoms with Crippen molar-refractivity contribution < 1.29 is 9.84 Å². The third kappa shape index (κ3) is 2.85. The molecule has 3 nitrogen and oxygen atoms in total. The van der Waals surface area contributed by atoms with E-state index in [0.717, 1.165) is 11.3 Å². The first-order valence-corrected chi connectivity index (χ1v) is 6.54. The minimum Gasteiger partial charge on any atom is -0.486 e. The van der Waals surface area contributed by atoms with Crippen LogP contribution in [0.3, 0.4) is 0 Å². The van der Waals surface area contributed by atoms with Crippen LogP contribution in [0.1, 0.15) is 31.9 Å². The first kappa shape index (κ1) is 13.4. The van der Waals surface area contributed by atoms with E-state index in [4.69, 9.17) is 4.74 Å². The molecule has 1 aromatic carbocycles. The molecule has 1 aromatic rings. The Morgan fingerprint density at radius 2 is 2.00 bits per heavy atom. The summed E-state index contributed by atoms with van der Waals surface area (Å²) in [7, 11) is 0. The van der Waals surface area contributed by atoms with Crippen molar-refractivity contribution in [2.45, 2.75) is 45.3 Å². The van der Waals surface area contributed by atoms with Crippen LogP contribution >= 0.6 is 0 Å². The van der Waals surface area contributed by atoms with E-state index in [9.17, 15) is 5.11 Å². The van der Waals surface area contributed by atoms with E-state index in [0.29, 0.717) is 13.1 Å². The summed E-state index contributed by atoms with van der Waals surface area (Å²) < 4.78 is 5.87. The summed E-state index contributed by atoms with van der Waals surface area (Å²) in [5.74, 6) is 0.871. The third-order valence-corrected chi connectivity index (χ3v) is 3.45. The molecule has 0 saturated carbocycles. The maximum Gasteiger partial charge on any atom is 0.138 e. The van der Waals surface area contributed by atoms with Gasteiger partial charge in [0, 0.05) is 13.1 Å². The molecule has 3 heteroatoms. The van der Waals surface area contributed by atoms with Crippen LogP contribution in [0.15, 0.2) is 18.2 Å². The predicted molar refractivity (Wildman–Crippen MR) is 73.2 cm³/mol. The Balaban J connectivity index is 2.15. The zero-order chi connectivity index (χ0) is 13.3. The number of aliphatic hydroxyl groups excluding tert-OH is 1. The molecule has 2 atom stereocenters. The molecule has 2 N–H and O–H groups in total. The number of nitrogens with one attached hydrogen (secondary N) is 1. The molecule has 1 saturated heterocycles. The van der Waals surface area contributed by atoms with E-state index in [1.54, 1.807) is 0 Å². The van der Waals surface area contributed by atoms with Gasteiger partial charge in [0.05, 0.1) is 0 Å². The summed E-state index contributed by atoms with van der Waals surface area (Å²) in [6.07, 6.45) is -0.545. The fourth-order valence-corrected chi connectivity index (χ4v) is 2.17. The third-order valence-electron chi connectivity index (χ3n) is 3.45. The van der Waals surface area contributed by atoms with Crippen LogP contribution in [0.5, 0.6) is 5.75 Å². The molecule has 18 heavy (non-hydrogen) atoms. The molecule has 0 aromatic heterocycles. The molecule has 0 spiro atoms. The molecule has 2 rings (SSSR count). The molecule has 1 heterocycles. The van der Waals surface area contributed by atoms with Gasteiger partial charge in [0.15, 0.2) is 0 Å². The van der Waals surface area contributed by atoms with Crippen LogP contribution in [0, 0.1) is 6.92 Å². The van der Waals surface area contributed by atoms with E-state index in [2.05, 4.69) is 45.1 Å². The molecule has 100 valence electrons. The van der Waals surface area contributed by atoms with E-state index in [-0.39, 0.29) is 11.5 Å². The standard InChI is InChI=1S/C15H23NO2/c1-10-7-11(15(2,3)4)5-6-13(10)18-14-9-16-8-12(14)17/h5-7,12,14,16-17H,8-9H2,1-4H3. The first-order chi connectivity index (χ1) is 8.38. The largest absolute Gasteiger partial charge is 0.486 e. The van der Waals surface area contributed by atoms with E-state index < -0.39 is 6.10 Å². The molecule has 0 amide bonds. The molecule has 1 aliphatic heterocycles. The molecule has 2 unspecified atom stereocenters. The number of aryl methyl sites for hydroxylation is 1. The second-order valence-electron chi connectivity index (χ2n) is 6.11. The van der Waals surface area contributed by atoms with Crippen LogP contribution in [0.2, 0.25) is 0 Å². The Bertz CT molecular complexity index is 423. The van der Waals surface area contributed by atoms with Crippen LogP contribution in [0.25, 0.3) is 0 Å². The van der Waals surface area contributed by atoms with Gasteiger partial charge in [-0.3, -0.25) is 0 Å². The summed E-state index contributed by atoms with van der Waals surface area (Å²) in [6.45, 7) is 9.98. The van der Waals surface area contributed by atoms with Crippen LogP contribution < -0.4 is 10.1 Å². The molecule has 1 aliphatic rings. The lowest BCUT2D eigenvalue weighted by atomic mass is 9.86. The fraction of sp³-hybridized carbons (Fsp3) is 0.600. The smallest absolute Gasteiger partial charge is 0.138 e. The summed E-state index contributed by atoms with van der Waals surface area (Å²) in [5, 5.41) is 12.9. The maximum atomic E-state index is 9.74. The van der Waals surface area contributed by atoms with Gasteiger partial charge in [0.1, 0.15) is 18.0 Å². The lowest BCUT2D eigenvalue weighted by Gasteiger charge is -2.22. The average Bonchev–Trinajstić information content (AvgIpc) is 2.66. The number of aliphatic hydroxyl groups is 1. The van der Waals surface area contributed by atoms with Crippen LogP contribution in [-0.4, -0.2) is 30.4 Å². The van der Waals surface area contributed by atoms with Gasteiger partial charge < -0.3 is 15.2 Å². The molecular weight excluding hydrogens is 226 g/mol. The van der Waals surface area contributed by atoms with Gasteiger partial charge in [-0.1, -0.05) is 32.9 Å². The van der Waals surface area contributed by atoms with Gasteiger partial charge in [-0.15, -0.1) is 0 Å². The van der Waals surface area contributed by atoms with Crippen molar-refractivity contribution >= 4 is 0 Å². The molecule has 0 bridgehead atoms. The number of hydrogen-bond acceptors (Lipinski definition) is 3. The van der Waals surface area contributed by atoms with Crippen LogP contribution in [0.4, 0.5) is 0 Å². The van der Waals surface area contributed by atoms with Gasteiger partial charge in [0.2, 0.25) is 0 Å². The van der Waals surface area contributed by atoms with Crippen LogP contribution in [-0.2, 0) is 5.41 Å². The highest BCUT2D eigenvalue weighted by Gasteiger charge is 2.27. The SMILES string of the molecule is Cc1cc(C(C)(C)C)ccc1OC1CNCC1O. The van der Waals surface area contributed by atoms with Crippen molar-refractivity contribution in [2.75, 3.05) is 13.1 Å². The van der Waals surface area contributed by atoms with Crippen molar-refractivity contribution in [1.82, 2.24) is 5.32 Å².